The van der Waals surface area contributed by atoms with E-state index in [1.807, 2.05) is 0 Å². The highest BCUT2D eigenvalue weighted by atomic mass is 79.9. The van der Waals surface area contributed by atoms with Crippen LogP contribution in [0, 0.1) is 10.1 Å². The summed E-state index contributed by atoms with van der Waals surface area (Å²) in [5, 5.41) is 11.9. The van der Waals surface area contributed by atoms with Gasteiger partial charge in [0.1, 0.15) is 0 Å². The first kappa shape index (κ1) is 18.6. The summed E-state index contributed by atoms with van der Waals surface area (Å²) in [6, 6.07) is 11.4. The number of amidine groups is 1. The van der Waals surface area contributed by atoms with Crippen molar-refractivity contribution in [2.45, 2.75) is 0 Å². The summed E-state index contributed by atoms with van der Waals surface area (Å²) in [7, 11) is 1.63. The van der Waals surface area contributed by atoms with Crippen molar-refractivity contribution < 1.29 is 9.72 Å². The highest BCUT2D eigenvalue weighted by molar-refractivity contribution is 9.10. The molecule has 0 aliphatic carbocycles. The number of nitrogens with zero attached hydrogens (tertiary/aromatic N) is 3. The summed E-state index contributed by atoms with van der Waals surface area (Å²) in [6.45, 7) is 0. The van der Waals surface area contributed by atoms with Gasteiger partial charge in [-0.15, -0.1) is 0 Å². The average Bonchev–Trinajstić information content (AvgIpc) is 2.86. The van der Waals surface area contributed by atoms with Crippen LogP contribution in [0.5, 0.6) is 0 Å². The molecule has 0 spiro atoms. The molecular weight excluding hydrogens is 442 g/mol. The van der Waals surface area contributed by atoms with Gasteiger partial charge in [0.05, 0.1) is 20.5 Å². The van der Waals surface area contributed by atoms with Crippen molar-refractivity contribution in [3.63, 3.8) is 0 Å². The number of rotatable bonds is 3. The third-order valence-electron chi connectivity index (χ3n) is 3.51. The van der Waals surface area contributed by atoms with Gasteiger partial charge in [0, 0.05) is 23.7 Å². The number of nitro benzene ring substituents is 1. The zero-order valence-electron chi connectivity index (χ0n) is 13.3. The van der Waals surface area contributed by atoms with Gasteiger partial charge in [0.2, 0.25) is 0 Å². The number of benzene rings is 2. The Morgan fingerprint density at radius 2 is 2.08 bits per heavy atom. The molecular formula is C17H11BrClN3O3S. The second kappa shape index (κ2) is 7.61. The summed E-state index contributed by atoms with van der Waals surface area (Å²) >= 11 is 10.6. The van der Waals surface area contributed by atoms with Crippen molar-refractivity contribution in [3.05, 3.63) is 72.5 Å². The van der Waals surface area contributed by atoms with E-state index in [1.54, 1.807) is 43.5 Å². The number of non-ortho nitro benzene ring substituents is 1. The maximum absolute atomic E-state index is 12.4. The van der Waals surface area contributed by atoms with Crippen LogP contribution in [0.4, 0.5) is 11.4 Å². The molecule has 0 atom stereocenters. The van der Waals surface area contributed by atoms with E-state index in [4.69, 9.17) is 11.6 Å². The molecule has 0 N–H and O–H groups in total. The number of likely N-dealkylation sites (N-methyl/N-ethyl adjacent to an activating group) is 1. The van der Waals surface area contributed by atoms with Gasteiger partial charge >= 0.3 is 0 Å². The minimum Gasteiger partial charge on any atom is -0.290 e. The van der Waals surface area contributed by atoms with E-state index in [-0.39, 0.29) is 11.6 Å². The number of nitro groups is 1. The van der Waals surface area contributed by atoms with Crippen molar-refractivity contribution in [1.82, 2.24) is 4.90 Å². The van der Waals surface area contributed by atoms with E-state index < -0.39 is 4.92 Å². The lowest BCUT2D eigenvalue weighted by molar-refractivity contribution is -0.384. The van der Waals surface area contributed by atoms with Crippen molar-refractivity contribution >= 4 is 67.8 Å². The topological polar surface area (TPSA) is 75.8 Å². The summed E-state index contributed by atoms with van der Waals surface area (Å²) in [5.74, 6) is -0.219. The molecule has 0 radical (unpaired) electrons. The molecule has 2 aromatic carbocycles. The number of amides is 1. The third kappa shape index (κ3) is 3.98. The maximum Gasteiger partial charge on any atom is 0.270 e. The SMILES string of the molecule is CN1C(=O)/C(=C/c2cccc([N+](=O)[O-])c2)SC1=Nc1ccc(Br)c(Cl)c1. The third-order valence-corrected chi connectivity index (χ3v) is 5.80. The fraction of sp³-hybridized carbons (Fsp3) is 0.0588. The zero-order chi connectivity index (χ0) is 18.8. The van der Waals surface area contributed by atoms with Gasteiger partial charge in [-0.05, 0) is 57.5 Å². The van der Waals surface area contributed by atoms with Crippen LogP contribution in [0.2, 0.25) is 5.02 Å². The van der Waals surface area contributed by atoms with E-state index >= 15 is 0 Å². The number of carbonyl (C=O) groups excluding carboxylic acids is 1. The second-order valence-corrected chi connectivity index (χ2v) is 7.59. The monoisotopic (exact) mass is 451 g/mol. The highest BCUT2D eigenvalue weighted by Crippen LogP contribution is 2.34. The number of hydrogen-bond donors (Lipinski definition) is 0. The van der Waals surface area contributed by atoms with Gasteiger partial charge in [-0.1, -0.05) is 23.7 Å². The Kier molecular flexibility index (Phi) is 5.45. The zero-order valence-corrected chi connectivity index (χ0v) is 16.5. The Bertz CT molecular complexity index is 977. The molecule has 1 fully saturated rings. The molecule has 3 rings (SSSR count). The summed E-state index contributed by atoms with van der Waals surface area (Å²) < 4.78 is 0.762. The number of aliphatic imine (C=N–C) groups is 1. The molecule has 1 saturated heterocycles. The van der Waals surface area contributed by atoms with Gasteiger partial charge in [0.15, 0.2) is 5.17 Å². The summed E-state index contributed by atoms with van der Waals surface area (Å²) in [5.41, 5.74) is 1.18. The Hall–Kier alpha value is -2.16. The van der Waals surface area contributed by atoms with Crippen molar-refractivity contribution in [2.24, 2.45) is 4.99 Å². The molecule has 132 valence electrons. The maximum atomic E-state index is 12.4. The molecule has 0 unspecified atom stereocenters. The minimum atomic E-state index is -0.470. The highest BCUT2D eigenvalue weighted by Gasteiger charge is 2.30. The lowest BCUT2D eigenvalue weighted by Crippen LogP contribution is -2.23. The molecule has 6 nitrogen and oxygen atoms in total. The van der Waals surface area contributed by atoms with Gasteiger partial charge in [-0.3, -0.25) is 19.8 Å². The molecule has 26 heavy (non-hydrogen) atoms. The Morgan fingerprint density at radius 3 is 2.77 bits per heavy atom. The predicted octanol–water partition coefficient (Wildman–Crippen LogP) is 5.24. The standard InChI is InChI=1S/C17H11BrClN3O3S/c1-21-16(23)15(8-10-3-2-4-12(7-10)22(24)25)26-17(21)20-11-5-6-13(18)14(19)9-11/h2-9H,1H3/b15-8-,20-17?. The fourth-order valence-electron chi connectivity index (χ4n) is 2.20. The van der Waals surface area contributed by atoms with Gasteiger partial charge in [-0.2, -0.15) is 0 Å². The van der Waals surface area contributed by atoms with E-state index in [0.717, 1.165) is 4.47 Å². The molecule has 0 aromatic heterocycles. The summed E-state index contributed by atoms with van der Waals surface area (Å²) in [4.78, 5) is 29.2. The predicted molar refractivity (Wildman–Crippen MR) is 108 cm³/mol. The molecule has 9 heteroatoms. The Balaban J connectivity index is 1.91. The number of carbonyl (C=O) groups is 1. The van der Waals surface area contributed by atoms with Crippen LogP contribution >= 0.6 is 39.3 Å². The molecule has 1 heterocycles. The first-order chi connectivity index (χ1) is 12.3. The summed E-state index contributed by atoms with van der Waals surface area (Å²) in [6.07, 6.45) is 1.62. The molecule has 1 aliphatic heterocycles. The van der Waals surface area contributed by atoms with Crippen LogP contribution in [0.25, 0.3) is 6.08 Å². The second-order valence-electron chi connectivity index (χ2n) is 5.32. The van der Waals surface area contributed by atoms with E-state index in [9.17, 15) is 14.9 Å². The lowest BCUT2D eigenvalue weighted by Gasteiger charge is -2.07. The van der Waals surface area contributed by atoms with Gasteiger partial charge in [-0.25, -0.2) is 4.99 Å². The smallest absolute Gasteiger partial charge is 0.270 e. The van der Waals surface area contributed by atoms with Crippen molar-refractivity contribution in [1.29, 1.82) is 0 Å². The van der Waals surface area contributed by atoms with Crippen LogP contribution in [-0.2, 0) is 4.79 Å². The van der Waals surface area contributed by atoms with Crippen LogP contribution in [0.1, 0.15) is 5.56 Å². The normalized spacial score (nSPS) is 17.3. The number of halogens is 2. The fourth-order valence-corrected chi connectivity index (χ4v) is 3.60. The van der Waals surface area contributed by atoms with Crippen LogP contribution in [0.3, 0.4) is 0 Å². The quantitative estimate of drug-likeness (QED) is 0.362. The van der Waals surface area contributed by atoms with E-state index in [2.05, 4.69) is 20.9 Å². The van der Waals surface area contributed by atoms with Crippen LogP contribution in [0.15, 0.2) is 56.8 Å². The minimum absolute atomic E-state index is 0.0263. The van der Waals surface area contributed by atoms with E-state index in [1.165, 1.54) is 28.8 Å². The van der Waals surface area contributed by atoms with Crippen LogP contribution in [-0.4, -0.2) is 27.9 Å². The largest absolute Gasteiger partial charge is 0.290 e. The first-order valence-corrected chi connectivity index (χ1v) is 9.29. The van der Waals surface area contributed by atoms with Crippen molar-refractivity contribution in [2.75, 3.05) is 7.05 Å². The van der Waals surface area contributed by atoms with E-state index in [0.29, 0.717) is 26.3 Å². The molecule has 2 aromatic rings. The van der Waals surface area contributed by atoms with Crippen molar-refractivity contribution in [3.8, 4) is 0 Å². The molecule has 0 bridgehead atoms. The molecule has 0 saturated carbocycles. The molecule has 1 aliphatic rings. The number of thioether (sulfide) groups is 1. The van der Waals surface area contributed by atoms with Crippen LogP contribution < -0.4 is 0 Å². The van der Waals surface area contributed by atoms with Gasteiger partial charge < -0.3 is 0 Å². The average molecular weight is 453 g/mol. The molecule has 1 amide bonds. The van der Waals surface area contributed by atoms with Gasteiger partial charge in [0.25, 0.3) is 11.6 Å². The Morgan fingerprint density at radius 1 is 1.31 bits per heavy atom. The lowest BCUT2D eigenvalue weighted by atomic mass is 10.2. The number of hydrogen-bond acceptors (Lipinski definition) is 5. The Labute approximate surface area is 166 Å². The first-order valence-electron chi connectivity index (χ1n) is 7.31.